The smallest absolute Gasteiger partial charge is 0.311 e. The molecule has 22 heavy (non-hydrogen) atoms. The molecule has 9 heteroatoms. The zero-order chi connectivity index (χ0) is 16.1. The van der Waals surface area contributed by atoms with Crippen LogP contribution in [0.5, 0.6) is 0 Å². The second-order valence-corrected chi connectivity index (χ2v) is 6.79. The molecule has 0 aliphatic carbocycles. The van der Waals surface area contributed by atoms with Crippen molar-refractivity contribution in [2.45, 2.75) is 11.6 Å². The predicted molar refractivity (Wildman–Crippen MR) is 85.0 cm³/mol. The molecule has 0 fully saturated rings. The number of esters is 1. The Kier molecular flexibility index (Phi) is 5.76. The van der Waals surface area contributed by atoms with E-state index in [1.165, 1.54) is 24.5 Å². The second-order valence-electron chi connectivity index (χ2n) is 4.11. The maximum atomic E-state index is 12.0. The van der Waals surface area contributed by atoms with Gasteiger partial charge in [0.25, 0.3) is 5.56 Å². The van der Waals surface area contributed by atoms with Crippen LogP contribution in [0, 0.1) is 0 Å². The lowest BCUT2D eigenvalue weighted by molar-refractivity contribution is -0.139. The lowest BCUT2D eigenvalue weighted by Gasteiger charge is -2.03. The minimum Gasteiger partial charge on any atom is -0.469 e. The first-order valence-corrected chi connectivity index (χ1v) is 8.24. The summed E-state index contributed by atoms with van der Waals surface area (Å²) in [4.78, 5) is 41.9. The van der Waals surface area contributed by atoms with E-state index < -0.39 is 5.97 Å². The average Bonchev–Trinajstić information content (AvgIpc) is 2.90. The number of ether oxygens (including phenoxy) is 1. The molecule has 2 aromatic heterocycles. The number of methoxy groups -OCH3 is 1. The van der Waals surface area contributed by atoms with Crippen molar-refractivity contribution in [3.8, 4) is 0 Å². The van der Waals surface area contributed by atoms with Crippen molar-refractivity contribution in [1.29, 1.82) is 0 Å². The van der Waals surface area contributed by atoms with Gasteiger partial charge >= 0.3 is 5.97 Å². The molecule has 0 radical (unpaired) electrons. The molecule has 1 N–H and O–H groups in total. The van der Waals surface area contributed by atoms with Crippen LogP contribution in [0.2, 0.25) is 4.34 Å². The van der Waals surface area contributed by atoms with Gasteiger partial charge in [0.05, 0.1) is 34.2 Å². The van der Waals surface area contributed by atoms with Gasteiger partial charge in [-0.15, -0.1) is 11.3 Å². The molecule has 0 aromatic carbocycles. The summed E-state index contributed by atoms with van der Waals surface area (Å²) in [6, 6.07) is 4.53. The third kappa shape index (κ3) is 4.69. The first-order valence-electron chi connectivity index (χ1n) is 6.06. The molecule has 0 unspecified atom stereocenters. The van der Waals surface area contributed by atoms with Gasteiger partial charge in [-0.1, -0.05) is 23.4 Å². The van der Waals surface area contributed by atoms with Crippen molar-refractivity contribution in [3.05, 3.63) is 43.5 Å². The second kappa shape index (κ2) is 7.57. The summed E-state index contributed by atoms with van der Waals surface area (Å²) in [5.41, 5.74) is -0.0901. The van der Waals surface area contributed by atoms with Gasteiger partial charge in [-0.2, -0.15) is 0 Å². The van der Waals surface area contributed by atoms with E-state index in [2.05, 4.69) is 14.7 Å². The number of halogens is 1. The fourth-order valence-corrected chi connectivity index (χ4v) is 3.38. The molecule has 0 spiro atoms. The maximum Gasteiger partial charge on any atom is 0.311 e. The highest BCUT2D eigenvalue weighted by molar-refractivity contribution is 7.99. The fourth-order valence-electron chi connectivity index (χ4n) is 1.53. The number of nitrogens with one attached hydrogen (secondary N) is 1. The normalized spacial score (nSPS) is 10.5. The van der Waals surface area contributed by atoms with Crippen LogP contribution in [-0.4, -0.2) is 34.6 Å². The molecular weight excluding hydrogens is 348 g/mol. The van der Waals surface area contributed by atoms with E-state index in [9.17, 15) is 14.4 Å². The SMILES string of the molecule is COC(=O)Cc1cc(=O)[nH]c(SCC(=O)c2ccc(Cl)s2)n1. The van der Waals surface area contributed by atoms with Gasteiger partial charge in [0.1, 0.15) is 0 Å². The highest BCUT2D eigenvalue weighted by atomic mass is 35.5. The van der Waals surface area contributed by atoms with Gasteiger partial charge in [0.2, 0.25) is 0 Å². The molecule has 0 bridgehead atoms. The van der Waals surface area contributed by atoms with Crippen molar-refractivity contribution in [2.75, 3.05) is 12.9 Å². The lowest BCUT2D eigenvalue weighted by Crippen LogP contribution is -2.14. The Bertz CT molecular complexity index is 756. The van der Waals surface area contributed by atoms with E-state index >= 15 is 0 Å². The van der Waals surface area contributed by atoms with Crippen LogP contribution in [0.25, 0.3) is 0 Å². The number of H-pyrrole nitrogens is 1. The van der Waals surface area contributed by atoms with Crippen molar-refractivity contribution >= 4 is 46.5 Å². The molecule has 0 aliphatic rings. The number of aromatic nitrogens is 2. The first-order chi connectivity index (χ1) is 10.5. The Balaban J connectivity index is 2.04. The summed E-state index contributed by atoms with van der Waals surface area (Å²) < 4.78 is 5.07. The number of carbonyl (C=O) groups excluding carboxylic acids is 2. The fraction of sp³-hybridized carbons (Fsp3) is 0.231. The van der Waals surface area contributed by atoms with Gasteiger partial charge in [0.15, 0.2) is 10.9 Å². The third-order valence-corrected chi connectivity index (χ3v) is 4.66. The quantitative estimate of drug-likeness (QED) is 0.368. The van der Waals surface area contributed by atoms with E-state index in [1.807, 2.05) is 0 Å². The predicted octanol–water partition coefficient (Wildman–Crippen LogP) is 2.18. The Hall–Kier alpha value is -1.64. The minimum atomic E-state index is -0.488. The summed E-state index contributed by atoms with van der Waals surface area (Å²) >= 11 is 8.07. The Morgan fingerprint density at radius 3 is 2.86 bits per heavy atom. The van der Waals surface area contributed by atoms with E-state index in [0.29, 0.717) is 14.9 Å². The van der Waals surface area contributed by atoms with Crippen molar-refractivity contribution in [3.63, 3.8) is 0 Å². The van der Waals surface area contributed by atoms with Gasteiger partial charge in [0, 0.05) is 6.07 Å². The molecule has 0 amide bonds. The molecule has 116 valence electrons. The number of rotatable bonds is 6. The maximum absolute atomic E-state index is 12.0. The van der Waals surface area contributed by atoms with Crippen LogP contribution < -0.4 is 5.56 Å². The number of hydrogen-bond donors (Lipinski definition) is 1. The van der Waals surface area contributed by atoms with Crippen LogP contribution in [0.3, 0.4) is 0 Å². The van der Waals surface area contributed by atoms with E-state index in [4.69, 9.17) is 11.6 Å². The molecule has 6 nitrogen and oxygen atoms in total. The standard InChI is InChI=1S/C13H11ClN2O4S2/c1-20-12(19)5-7-4-11(18)16-13(15-7)21-6-8(17)9-2-3-10(14)22-9/h2-4H,5-6H2,1H3,(H,15,16,18). The highest BCUT2D eigenvalue weighted by Crippen LogP contribution is 2.23. The van der Waals surface area contributed by atoms with Crippen LogP contribution in [-0.2, 0) is 16.0 Å². The largest absolute Gasteiger partial charge is 0.469 e. The highest BCUT2D eigenvalue weighted by Gasteiger charge is 2.12. The zero-order valence-corrected chi connectivity index (χ0v) is 13.8. The Morgan fingerprint density at radius 1 is 1.45 bits per heavy atom. The number of carbonyl (C=O) groups is 2. The van der Waals surface area contributed by atoms with Gasteiger partial charge in [-0.3, -0.25) is 14.4 Å². The topological polar surface area (TPSA) is 89.1 Å². The molecule has 2 heterocycles. The molecular formula is C13H11ClN2O4S2. The van der Waals surface area contributed by atoms with E-state index in [0.717, 1.165) is 11.8 Å². The van der Waals surface area contributed by atoms with Crippen molar-refractivity contribution in [2.24, 2.45) is 0 Å². The summed E-state index contributed by atoms with van der Waals surface area (Å²) in [6.07, 6.45) is -0.0948. The molecule has 0 saturated carbocycles. The summed E-state index contributed by atoms with van der Waals surface area (Å²) in [6.45, 7) is 0. The van der Waals surface area contributed by atoms with E-state index in [1.54, 1.807) is 12.1 Å². The summed E-state index contributed by atoms with van der Waals surface area (Å²) in [5.74, 6) is -0.483. The van der Waals surface area contributed by atoms with Crippen molar-refractivity contribution < 1.29 is 14.3 Å². The van der Waals surface area contributed by atoms with Gasteiger partial charge in [-0.25, -0.2) is 4.98 Å². The van der Waals surface area contributed by atoms with Gasteiger partial charge < -0.3 is 9.72 Å². The monoisotopic (exact) mass is 358 g/mol. The number of hydrogen-bond acceptors (Lipinski definition) is 7. The molecule has 0 saturated heterocycles. The first kappa shape index (κ1) is 16.7. The zero-order valence-electron chi connectivity index (χ0n) is 11.4. The lowest BCUT2D eigenvalue weighted by atomic mass is 10.3. The molecule has 0 atom stereocenters. The van der Waals surface area contributed by atoms with Gasteiger partial charge in [-0.05, 0) is 12.1 Å². The third-order valence-electron chi connectivity index (χ3n) is 2.51. The number of Topliss-reactive ketones (excluding diaryl/α,β-unsaturated/α-hetero) is 1. The van der Waals surface area contributed by atoms with Crippen LogP contribution >= 0.6 is 34.7 Å². The van der Waals surface area contributed by atoms with Crippen LogP contribution in [0.4, 0.5) is 0 Å². The van der Waals surface area contributed by atoms with Crippen LogP contribution in [0.15, 0.2) is 28.2 Å². The minimum absolute atomic E-state index is 0.0948. The van der Waals surface area contributed by atoms with E-state index in [-0.39, 0.29) is 28.7 Å². The van der Waals surface area contributed by atoms with Crippen LogP contribution in [0.1, 0.15) is 15.4 Å². The molecule has 0 aliphatic heterocycles. The van der Waals surface area contributed by atoms with Crippen molar-refractivity contribution in [1.82, 2.24) is 9.97 Å². The summed E-state index contributed by atoms with van der Waals surface area (Å²) in [7, 11) is 1.26. The number of thiophene rings is 1. The number of aromatic amines is 1. The molecule has 2 aromatic rings. The molecule has 2 rings (SSSR count). The summed E-state index contributed by atoms with van der Waals surface area (Å²) in [5, 5.41) is 0.280. The number of nitrogens with zero attached hydrogens (tertiary/aromatic N) is 1. The Labute approximate surface area is 138 Å². The number of thioether (sulfide) groups is 1. The average molecular weight is 359 g/mol. The Morgan fingerprint density at radius 2 is 2.23 bits per heavy atom. The number of ketones is 1.